The number of carbonyl (C=O) groups is 1. The summed E-state index contributed by atoms with van der Waals surface area (Å²) < 4.78 is 40.7. The van der Waals surface area contributed by atoms with E-state index in [-0.39, 0.29) is 5.69 Å². The van der Waals surface area contributed by atoms with Crippen LogP contribution in [0.5, 0.6) is 0 Å². The predicted molar refractivity (Wildman–Crippen MR) is 93.8 cm³/mol. The number of anilines is 1. The first-order valence-corrected chi connectivity index (χ1v) is 8.16. The highest BCUT2D eigenvalue weighted by molar-refractivity contribution is 9.10. The standard InChI is InChI=1S/C17H11BrF3N3O2/c18-10-5-6-13-11(7-10)16(26)24(9-22-13)8-15(25)23-14-4-2-1-3-12(14)17(19,20)21/h1-7,9H,8H2,(H,23,25). The molecule has 0 unspecified atom stereocenters. The molecule has 0 spiro atoms. The molecule has 1 aromatic heterocycles. The first kappa shape index (κ1) is 18.1. The number of nitrogens with one attached hydrogen (secondary N) is 1. The maximum atomic E-state index is 13.0. The number of nitrogens with zero attached hydrogens (tertiary/aromatic N) is 2. The summed E-state index contributed by atoms with van der Waals surface area (Å²) in [6.45, 7) is -0.458. The fourth-order valence-corrected chi connectivity index (χ4v) is 2.79. The van der Waals surface area contributed by atoms with Gasteiger partial charge in [0, 0.05) is 4.47 Å². The van der Waals surface area contributed by atoms with Crippen molar-refractivity contribution in [3.63, 3.8) is 0 Å². The van der Waals surface area contributed by atoms with Crippen LogP contribution in [0.15, 0.2) is 58.1 Å². The second-order valence-corrected chi connectivity index (χ2v) is 6.35. The van der Waals surface area contributed by atoms with E-state index in [4.69, 9.17) is 0 Å². The van der Waals surface area contributed by atoms with Crippen LogP contribution in [-0.2, 0) is 17.5 Å². The van der Waals surface area contributed by atoms with Gasteiger partial charge in [-0.1, -0.05) is 28.1 Å². The topological polar surface area (TPSA) is 64.0 Å². The van der Waals surface area contributed by atoms with Gasteiger partial charge in [-0.2, -0.15) is 13.2 Å². The Kier molecular flexibility index (Phi) is 4.82. The summed E-state index contributed by atoms with van der Waals surface area (Å²) in [7, 11) is 0. The predicted octanol–water partition coefficient (Wildman–Crippen LogP) is 3.82. The summed E-state index contributed by atoms with van der Waals surface area (Å²) in [6.07, 6.45) is -3.41. The Labute approximate surface area is 153 Å². The second-order valence-electron chi connectivity index (χ2n) is 5.43. The third-order valence-electron chi connectivity index (χ3n) is 3.61. The minimum Gasteiger partial charge on any atom is -0.324 e. The van der Waals surface area contributed by atoms with E-state index < -0.39 is 29.8 Å². The molecule has 1 heterocycles. The molecule has 0 atom stereocenters. The van der Waals surface area contributed by atoms with Crippen LogP contribution in [0, 0.1) is 0 Å². The first-order valence-electron chi connectivity index (χ1n) is 7.36. The number of hydrogen-bond donors (Lipinski definition) is 1. The number of fused-ring (bicyclic) bond motifs is 1. The van der Waals surface area contributed by atoms with Crippen LogP contribution >= 0.6 is 15.9 Å². The molecule has 5 nitrogen and oxygen atoms in total. The SMILES string of the molecule is O=C(Cn1cnc2ccc(Br)cc2c1=O)Nc1ccccc1C(F)(F)F. The Bertz CT molecular complexity index is 1050. The van der Waals surface area contributed by atoms with Crippen molar-refractivity contribution in [1.82, 2.24) is 9.55 Å². The van der Waals surface area contributed by atoms with E-state index in [2.05, 4.69) is 26.2 Å². The number of carbonyl (C=O) groups excluding carboxylic acids is 1. The molecule has 0 aliphatic heterocycles. The number of aromatic nitrogens is 2. The van der Waals surface area contributed by atoms with Gasteiger partial charge in [0.2, 0.25) is 5.91 Å². The third kappa shape index (κ3) is 3.77. The van der Waals surface area contributed by atoms with Gasteiger partial charge in [0.05, 0.1) is 28.5 Å². The molecule has 26 heavy (non-hydrogen) atoms. The smallest absolute Gasteiger partial charge is 0.324 e. The fourth-order valence-electron chi connectivity index (χ4n) is 2.43. The first-order chi connectivity index (χ1) is 12.3. The molecule has 1 amide bonds. The number of rotatable bonds is 3. The average molecular weight is 426 g/mol. The summed E-state index contributed by atoms with van der Waals surface area (Å²) in [6, 6.07) is 9.57. The van der Waals surface area contributed by atoms with Crippen LogP contribution in [0.2, 0.25) is 0 Å². The summed E-state index contributed by atoms with van der Waals surface area (Å²) >= 11 is 3.25. The molecule has 2 aromatic carbocycles. The zero-order chi connectivity index (χ0) is 18.9. The van der Waals surface area contributed by atoms with Crippen molar-refractivity contribution < 1.29 is 18.0 Å². The maximum Gasteiger partial charge on any atom is 0.418 e. The minimum atomic E-state index is -4.60. The van der Waals surface area contributed by atoms with Crippen molar-refractivity contribution in [3.05, 3.63) is 69.2 Å². The van der Waals surface area contributed by atoms with Gasteiger partial charge in [-0.05, 0) is 30.3 Å². The summed E-state index contributed by atoms with van der Waals surface area (Å²) in [5.74, 6) is -0.764. The van der Waals surface area contributed by atoms with Crippen LogP contribution < -0.4 is 10.9 Å². The van der Waals surface area contributed by atoms with Gasteiger partial charge in [-0.3, -0.25) is 14.2 Å². The van der Waals surface area contributed by atoms with Crippen molar-refractivity contribution in [3.8, 4) is 0 Å². The van der Waals surface area contributed by atoms with Crippen LogP contribution in [-0.4, -0.2) is 15.5 Å². The number of amides is 1. The molecule has 0 radical (unpaired) electrons. The van der Waals surface area contributed by atoms with E-state index in [1.165, 1.54) is 18.5 Å². The molecule has 9 heteroatoms. The number of para-hydroxylation sites is 1. The van der Waals surface area contributed by atoms with Gasteiger partial charge in [0.25, 0.3) is 5.56 Å². The molecule has 0 aliphatic rings. The van der Waals surface area contributed by atoms with Crippen molar-refractivity contribution in [2.45, 2.75) is 12.7 Å². The number of benzene rings is 2. The molecule has 0 saturated heterocycles. The van der Waals surface area contributed by atoms with Gasteiger partial charge in [-0.15, -0.1) is 0 Å². The minimum absolute atomic E-state index is 0.297. The van der Waals surface area contributed by atoms with E-state index in [9.17, 15) is 22.8 Å². The van der Waals surface area contributed by atoms with E-state index in [1.807, 2.05) is 0 Å². The lowest BCUT2D eigenvalue weighted by atomic mass is 10.1. The van der Waals surface area contributed by atoms with Crippen LogP contribution in [0.3, 0.4) is 0 Å². The largest absolute Gasteiger partial charge is 0.418 e. The highest BCUT2D eigenvalue weighted by Gasteiger charge is 2.33. The second kappa shape index (κ2) is 6.91. The number of hydrogen-bond acceptors (Lipinski definition) is 3. The molecule has 134 valence electrons. The summed E-state index contributed by atoms with van der Waals surface area (Å²) in [4.78, 5) is 28.7. The maximum absolute atomic E-state index is 13.0. The fraction of sp³-hybridized carbons (Fsp3) is 0.118. The zero-order valence-corrected chi connectivity index (χ0v) is 14.6. The Hall–Kier alpha value is -2.68. The monoisotopic (exact) mass is 425 g/mol. The van der Waals surface area contributed by atoms with E-state index in [0.717, 1.165) is 16.7 Å². The van der Waals surface area contributed by atoms with Crippen LogP contribution in [0.25, 0.3) is 10.9 Å². The molecule has 0 fully saturated rings. The Morgan fingerprint density at radius 3 is 2.65 bits per heavy atom. The Balaban J connectivity index is 1.87. The molecule has 0 aliphatic carbocycles. The summed E-state index contributed by atoms with van der Waals surface area (Å²) in [5, 5.41) is 2.49. The van der Waals surface area contributed by atoms with Gasteiger partial charge in [0.15, 0.2) is 0 Å². The molecule has 1 N–H and O–H groups in total. The van der Waals surface area contributed by atoms with E-state index >= 15 is 0 Å². The van der Waals surface area contributed by atoms with Crippen molar-refractivity contribution in [2.24, 2.45) is 0 Å². The van der Waals surface area contributed by atoms with Gasteiger partial charge in [0.1, 0.15) is 6.54 Å². The molecule has 0 bridgehead atoms. The summed E-state index contributed by atoms with van der Waals surface area (Å²) in [5.41, 5.74) is -1.33. The van der Waals surface area contributed by atoms with Gasteiger partial charge in [-0.25, -0.2) is 4.98 Å². The third-order valence-corrected chi connectivity index (χ3v) is 4.10. The lowest BCUT2D eigenvalue weighted by Gasteiger charge is -2.14. The normalized spacial score (nSPS) is 11.5. The molecular formula is C17H11BrF3N3O2. The van der Waals surface area contributed by atoms with Crippen molar-refractivity contribution in [1.29, 1.82) is 0 Å². The van der Waals surface area contributed by atoms with Gasteiger partial charge >= 0.3 is 6.18 Å². The Morgan fingerprint density at radius 1 is 1.19 bits per heavy atom. The molecule has 3 rings (SSSR count). The Morgan fingerprint density at radius 2 is 1.92 bits per heavy atom. The quantitative estimate of drug-likeness (QED) is 0.693. The number of halogens is 4. The average Bonchev–Trinajstić information content (AvgIpc) is 2.57. The van der Waals surface area contributed by atoms with Gasteiger partial charge < -0.3 is 5.32 Å². The highest BCUT2D eigenvalue weighted by atomic mass is 79.9. The van der Waals surface area contributed by atoms with E-state index in [0.29, 0.717) is 15.4 Å². The zero-order valence-electron chi connectivity index (χ0n) is 13.0. The van der Waals surface area contributed by atoms with Crippen LogP contribution in [0.4, 0.5) is 18.9 Å². The molecular weight excluding hydrogens is 415 g/mol. The van der Waals surface area contributed by atoms with E-state index in [1.54, 1.807) is 18.2 Å². The number of alkyl halides is 3. The van der Waals surface area contributed by atoms with Crippen molar-refractivity contribution >= 4 is 38.4 Å². The molecule has 0 saturated carbocycles. The lowest BCUT2D eigenvalue weighted by molar-refractivity contribution is -0.137. The highest BCUT2D eigenvalue weighted by Crippen LogP contribution is 2.34. The van der Waals surface area contributed by atoms with Crippen molar-refractivity contribution in [2.75, 3.05) is 5.32 Å². The lowest BCUT2D eigenvalue weighted by Crippen LogP contribution is -2.28. The van der Waals surface area contributed by atoms with Crippen LogP contribution in [0.1, 0.15) is 5.56 Å². The molecule has 3 aromatic rings.